The lowest BCUT2D eigenvalue weighted by atomic mass is 10.4. The highest BCUT2D eigenvalue weighted by Gasteiger charge is 2.14. The number of quaternary nitrogens is 1. The van der Waals surface area contributed by atoms with Crippen LogP contribution in [0.1, 0.15) is 13.8 Å². The molecule has 0 radical (unpaired) electrons. The van der Waals surface area contributed by atoms with Crippen molar-refractivity contribution in [3.63, 3.8) is 0 Å². The van der Waals surface area contributed by atoms with Gasteiger partial charge in [-0.05, 0) is 13.8 Å². The van der Waals surface area contributed by atoms with E-state index in [1.807, 2.05) is 13.8 Å². The predicted octanol–water partition coefficient (Wildman–Crippen LogP) is 1.17. The molecular formula is C14H32NO4+. The minimum absolute atomic E-state index is 0.679. The summed E-state index contributed by atoms with van der Waals surface area (Å²) >= 11 is 0. The van der Waals surface area contributed by atoms with Crippen molar-refractivity contribution in [2.45, 2.75) is 13.8 Å². The van der Waals surface area contributed by atoms with Gasteiger partial charge in [0.2, 0.25) is 0 Å². The Labute approximate surface area is 118 Å². The van der Waals surface area contributed by atoms with Gasteiger partial charge in [-0.1, -0.05) is 0 Å². The third kappa shape index (κ3) is 14.0. The first-order chi connectivity index (χ1) is 9.12. The summed E-state index contributed by atoms with van der Waals surface area (Å²) in [5, 5.41) is 0. The van der Waals surface area contributed by atoms with Crippen LogP contribution in [0.4, 0.5) is 0 Å². The number of nitrogens with zero attached hydrogens (tertiary/aromatic N) is 1. The summed E-state index contributed by atoms with van der Waals surface area (Å²) in [7, 11) is 4.38. The van der Waals surface area contributed by atoms with Crippen molar-refractivity contribution in [3.05, 3.63) is 0 Å². The number of hydrogen-bond donors (Lipinski definition) is 0. The molecule has 0 amide bonds. The second-order valence-electron chi connectivity index (χ2n) is 5.00. The smallest absolute Gasteiger partial charge is 0.102 e. The van der Waals surface area contributed by atoms with Crippen molar-refractivity contribution in [1.82, 2.24) is 0 Å². The SMILES string of the molecule is CCOCCOCC[N+](C)(C)CCOCCOCC. The molecule has 0 heterocycles. The van der Waals surface area contributed by atoms with Crippen LogP contribution < -0.4 is 0 Å². The highest BCUT2D eigenvalue weighted by Crippen LogP contribution is 1.97. The van der Waals surface area contributed by atoms with Gasteiger partial charge in [0.25, 0.3) is 0 Å². The number of rotatable bonds is 14. The van der Waals surface area contributed by atoms with Crippen LogP contribution in [0.5, 0.6) is 0 Å². The maximum atomic E-state index is 5.53. The summed E-state index contributed by atoms with van der Waals surface area (Å²) < 4.78 is 22.4. The van der Waals surface area contributed by atoms with Gasteiger partial charge in [0.1, 0.15) is 13.1 Å². The molecule has 0 aromatic heterocycles. The van der Waals surface area contributed by atoms with Gasteiger partial charge < -0.3 is 23.4 Å². The molecule has 0 rings (SSSR count). The molecule has 0 bridgehead atoms. The first-order valence-corrected chi connectivity index (χ1v) is 7.25. The van der Waals surface area contributed by atoms with E-state index in [2.05, 4.69) is 14.1 Å². The average molecular weight is 278 g/mol. The van der Waals surface area contributed by atoms with Gasteiger partial charge >= 0.3 is 0 Å². The number of ether oxygens (including phenoxy) is 4. The van der Waals surface area contributed by atoms with E-state index in [1.165, 1.54) is 0 Å². The van der Waals surface area contributed by atoms with Gasteiger partial charge in [-0.2, -0.15) is 0 Å². The van der Waals surface area contributed by atoms with Crippen LogP contribution in [0.25, 0.3) is 0 Å². The standard InChI is InChI=1S/C14H32NO4/c1-5-16-11-13-18-9-7-15(3,4)8-10-19-14-12-17-6-2/h5-14H2,1-4H3/q+1. The molecule has 0 unspecified atom stereocenters. The van der Waals surface area contributed by atoms with E-state index in [9.17, 15) is 0 Å². The molecule has 0 saturated carbocycles. The third-order valence-corrected chi connectivity index (χ3v) is 2.83. The highest BCUT2D eigenvalue weighted by atomic mass is 16.5. The molecule has 5 nitrogen and oxygen atoms in total. The molecule has 0 aliphatic rings. The topological polar surface area (TPSA) is 36.9 Å². The Morgan fingerprint density at radius 2 is 0.947 bits per heavy atom. The Morgan fingerprint density at radius 3 is 1.32 bits per heavy atom. The van der Waals surface area contributed by atoms with Gasteiger partial charge in [-0.15, -0.1) is 0 Å². The van der Waals surface area contributed by atoms with E-state index >= 15 is 0 Å². The summed E-state index contributed by atoms with van der Waals surface area (Å²) in [5.74, 6) is 0. The molecule has 0 spiro atoms. The molecule has 19 heavy (non-hydrogen) atoms. The van der Waals surface area contributed by atoms with Gasteiger partial charge in [0.15, 0.2) is 0 Å². The lowest BCUT2D eigenvalue weighted by Gasteiger charge is -2.29. The second kappa shape index (κ2) is 12.8. The van der Waals surface area contributed by atoms with E-state index in [-0.39, 0.29) is 0 Å². The van der Waals surface area contributed by atoms with E-state index < -0.39 is 0 Å². The van der Waals surface area contributed by atoms with Gasteiger partial charge in [0.05, 0.1) is 53.7 Å². The zero-order chi connectivity index (χ0) is 14.4. The van der Waals surface area contributed by atoms with Crippen molar-refractivity contribution in [2.75, 3.05) is 80.0 Å². The van der Waals surface area contributed by atoms with Crippen molar-refractivity contribution >= 4 is 0 Å². The molecule has 116 valence electrons. The van der Waals surface area contributed by atoms with Crippen molar-refractivity contribution in [2.24, 2.45) is 0 Å². The normalized spacial score (nSPS) is 12.0. The molecule has 0 N–H and O–H groups in total. The van der Waals surface area contributed by atoms with Crippen molar-refractivity contribution in [3.8, 4) is 0 Å². The Morgan fingerprint density at radius 1 is 0.579 bits per heavy atom. The Hall–Kier alpha value is -0.200. The van der Waals surface area contributed by atoms with Gasteiger partial charge in [-0.3, -0.25) is 0 Å². The average Bonchev–Trinajstić information content (AvgIpc) is 2.38. The Balaban J connectivity index is 3.36. The largest absolute Gasteiger partial charge is 0.379 e. The van der Waals surface area contributed by atoms with E-state index in [0.717, 1.165) is 44.0 Å². The van der Waals surface area contributed by atoms with E-state index in [1.54, 1.807) is 0 Å². The summed E-state index contributed by atoms with van der Waals surface area (Å²) in [4.78, 5) is 0. The van der Waals surface area contributed by atoms with Gasteiger partial charge in [0, 0.05) is 13.2 Å². The second-order valence-corrected chi connectivity index (χ2v) is 5.00. The van der Waals surface area contributed by atoms with Crippen LogP contribution in [0.15, 0.2) is 0 Å². The first kappa shape index (κ1) is 18.8. The molecule has 5 heteroatoms. The maximum absolute atomic E-state index is 5.53. The lowest BCUT2D eigenvalue weighted by Crippen LogP contribution is -2.44. The van der Waals surface area contributed by atoms with Crippen LogP contribution in [0, 0.1) is 0 Å². The monoisotopic (exact) mass is 278 g/mol. The summed E-state index contributed by atoms with van der Waals surface area (Å²) in [6.07, 6.45) is 0. The zero-order valence-electron chi connectivity index (χ0n) is 13.2. The molecule has 0 aromatic carbocycles. The zero-order valence-corrected chi connectivity index (χ0v) is 13.2. The molecule has 0 aliphatic heterocycles. The quantitative estimate of drug-likeness (QED) is 0.353. The lowest BCUT2D eigenvalue weighted by molar-refractivity contribution is -0.891. The number of hydrogen-bond acceptors (Lipinski definition) is 4. The summed E-state index contributed by atoms with van der Waals surface area (Å²) in [6, 6.07) is 0. The van der Waals surface area contributed by atoms with Crippen molar-refractivity contribution in [1.29, 1.82) is 0 Å². The van der Waals surface area contributed by atoms with E-state index in [0.29, 0.717) is 26.4 Å². The van der Waals surface area contributed by atoms with Gasteiger partial charge in [-0.25, -0.2) is 0 Å². The fraction of sp³-hybridized carbons (Fsp3) is 1.00. The molecular weight excluding hydrogens is 246 g/mol. The summed E-state index contributed by atoms with van der Waals surface area (Å²) in [6.45, 7) is 11.7. The van der Waals surface area contributed by atoms with Crippen molar-refractivity contribution < 1.29 is 23.4 Å². The maximum Gasteiger partial charge on any atom is 0.102 e. The minimum atomic E-state index is 0.679. The van der Waals surface area contributed by atoms with Crippen LogP contribution in [-0.2, 0) is 18.9 Å². The fourth-order valence-electron chi connectivity index (χ4n) is 1.46. The predicted molar refractivity (Wildman–Crippen MR) is 76.5 cm³/mol. The fourth-order valence-corrected chi connectivity index (χ4v) is 1.46. The van der Waals surface area contributed by atoms with Crippen LogP contribution in [-0.4, -0.2) is 84.5 Å². The van der Waals surface area contributed by atoms with Crippen LogP contribution in [0.2, 0.25) is 0 Å². The summed E-state index contributed by atoms with van der Waals surface area (Å²) in [5.41, 5.74) is 0. The molecule has 0 fully saturated rings. The number of likely N-dealkylation sites (N-methyl/N-ethyl adjacent to an activating group) is 1. The van der Waals surface area contributed by atoms with Crippen LogP contribution in [0.3, 0.4) is 0 Å². The molecule has 0 saturated heterocycles. The molecule has 0 aliphatic carbocycles. The molecule has 0 atom stereocenters. The Bertz CT molecular complexity index is 170. The first-order valence-electron chi connectivity index (χ1n) is 7.25. The van der Waals surface area contributed by atoms with E-state index in [4.69, 9.17) is 18.9 Å². The highest BCUT2D eigenvalue weighted by molar-refractivity contribution is 4.37. The van der Waals surface area contributed by atoms with Crippen LogP contribution >= 0.6 is 0 Å². The molecule has 0 aromatic rings. The Kier molecular flexibility index (Phi) is 12.7. The third-order valence-electron chi connectivity index (χ3n) is 2.83. The minimum Gasteiger partial charge on any atom is -0.379 e.